The highest BCUT2D eigenvalue weighted by Crippen LogP contribution is 2.26. The van der Waals surface area contributed by atoms with E-state index in [0.29, 0.717) is 16.9 Å². The van der Waals surface area contributed by atoms with E-state index in [2.05, 4.69) is 38.1 Å². The van der Waals surface area contributed by atoms with Crippen molar-refractivity contribution in [2.75, 3.05) is 0 Å². The Balaban J connectivity index is 2.19. The van der Waals surface area contributed by atoms with Gasteiger partial charge in [-0.05, 0) is 47.2 Å². The molecule has 18 heavy (non-hydrogen) atoms. The van der Waals surface area contributed by atoms with Gasteiger partial charge in [-0.2, -0.15) is 0 Å². The van der Waals surface area contributed by atoms with Gasteiger partial charge in [-0.3, -0.25) is 0 Å². The molecule has 2 N–H and O–H groups in total. The summed E-state index contributed by atoms with van der Waals surface area (Å²) in [5, 5.41) is 0.372. The van der Waals surface area contributed by atoms with Crippen LogP contribution in [0.4, 0.5) is 0 Å². The van der Waals surface area contributed by atoms with E-state index in [1.54, 1.807) is 6.07 Å². The van der Waals surface area contributed by atoms with E-state index >= 15 is 0 Å². The molecule has 0 bridgehead atoms. The third-order valence-corrected chi connectivity index (χ3v) is 3.58. The molecule has 2 unspecified atom stereocenters. The van der Waals surface area contributed by atoms with E-state index in [0.717, 1.165) is 12.0 Å². The second-order valence-electron chi connectivity index (χ2n) is 4.60. The summed E-state index contributed by atoms with van der Waals surface area (Å²) in [6.45, 7) is 4.41. The minimum absolute atomic E-state index is 0.261. The van der Waals surface area contributed by atoms with Crippen LogP contribution in [0.2, 0.25) is 5.22 Å². The van der Waals surface area contributed by atoms with Gasteiger partial charge in [0.05, 0.1) is 6.04 Å². The molecule has 0 fully saturated rings. The van der Waals surface area contributed by atoms with E-state index in [1.807, 2.05) is 6.07 Å². The van der Waals surface area contributed by atoms with Gasteiger partial charge in [0.2, 0.25) is 0 Å². The average molecular weight is 264 g/mol. The van der Waals surface area contributed by atoms with Crippen LogP contribution in [0.3, 0.4) is 0 Å². The van der Waals surface area contributed by atoms with Gasteiger partial charge in [0.1, 0.15) is 5.76 Å². The topological polar surface area (TPSA) is 39.2 Å². The molecule has 1 aromatic carbocycles. The molecule has 0 amide bonds. The maximum atomic E-state index is 6.14. The van der Waals surface area contributed by atoms with E-state index < -0.39 is 0 Å². The zero-order valence-corrected chi connectivity index (χ0v) is 11.4. The van der Waals surface area contributed by atoms with Crippen molar-refractivity contribution in [1.82, 2.24) is 0 Å². The molecule has 2 nitrogen and oxygen atoms in total. The van der Waals surface area contributed by atoms with Crippen molar-refractivity contribution < 1.29 is 4.42 Å². The van der Waals surface area contributed by atoms with E-state index in [4.69, 9.17) is 21.8 Å². The van der Waals surface area contributed by atoms with E-state index in [-0.39, 0.29) is 6.04 Å². The van der Waals surface area contributed by atoms with Crippen LogP contribution in [-0.2, 0) is 0 Å². The van der Waals surface area contributed by atoms with Gasteiger partial charge < -0.3 is 10.2 Å². The van der Waals surface area contributed by atoms with Crippen molar-refractivity contribution in [2.45, 2.75) is 32.2 Å². The van der Waals surface area contributed by atoms with Crippen LogP contribution < -0.4 is 5.73 Å². The van der Waals surface area contributed by atoms with Crippen LogP contribution in [-0.4, -0.2) is 0 Å². The number of hydrogen-bond donors (Lipinski definition) is 1. The first kappa shape index (κ1) is 13.2. The SMILES string of the molecule is CCC(C)c1ccc(C(N)c2ccc(Cl)o2)cc1. The molecule has 2 atom stereocenters. The average Bonchev–Trinajstić information content (AvgIpc) is 2.84. The Morgan fingerprint density at radius 2 is 1.72 bits per heavy atom. The highest BCUT2D eigenvalue weighted by atomic mass is 35.5. The van der Waals surface area contributed by atoms with Crippen molar-refractivity contribution in [1.29, 1.82) is 0 Å². The number of halogens is 1. The van der Waals surface area contributed by atoms with E-state index in [1.165, 1.54) is 5.56 Å². The Labute approximate surface area is 113 Å². The lowest BCUT2D eigenvalue weighted by atomic mass is 9.96. The third kappa shape index (κ3) is 2.77. The van der Waals surface area contributed by atoms with Crippen LogP contribution in [0, 0.1) is 0 Å². The van der Waals surface area contributed by atoms with Crippen molar-refractivity contribution in [3.05, 3.63) is 58.5 Å². The summed E-state index contributed by atoms with van der Waals surface area (Å²) < 4.78 is 5.34. The Hall–Kier alpha value is -1.25. The molecule has 2 aromatic rings. The largest absolute Gasteiger partial charge is 0.448 e. The molecular formula is C15H18ClNO. The quantitative estimate of drug-likeness (QED) is 0.882. The van der Waals surface area contributed by atoms with Gasteiger partial charge >= 0.3 is 0 Å². The first-order chi connectivity index (χ1) is 8.61. The van der Waals surface area contributed by atoms with Gasteiger partial charge in [0, 0.05) is 0 Å². The van der Waals surface area contributed by atoms with Crippen molar-refractivity contribution >= 4 is 11.6 Å². The number of nitrogens with two attached hydrogens (primary N) is 1. The van der Waals surface area contributed by atoms with Gasteiger partial charge in [0.25, 0.3) is 0 Å². The standard InChI is InChI=1S/C15H18ClNO/c1-3-10(2)11-4-6-12(7-5-11)15(17)13-8-9-14(16)18-13/h4-10,15H,3,17H2,1-2H3. The monoisotopic (exact) mass is 263 g/mol. The molecule has 0 saturated carbocycles. The summed E-state index contributed by atoms with van der Waals surface area (Å²) in [4.78, 5) is 0. The molecule has 0 aliphatic carbocycles. The van der Waals surface area contributed by atoms with Crippen molar-refractivity contribution in [2.24, 2.45) is 5.73 Å². The maximum Gasteiger partial charge on any atom is 0.193 e. The zero-order valence-electron chi connectivity index (χ0n) is 10.7. The van der Waals surface area contributed by atoms with Gasteiger partial charge in [-0.25, -0.2) is 0 Å². The summed E-state index contributed by atoms with van der Waals surface area (Å²) in [5.74, 6) is 1.27. The fourth-order valence-electron chi connectivity index (χ4n) is 1.93. The number of rotatable bonds is 4. The molecule has 1 heterocycles. The number of furan rings is 1. The maximum absolute atomic E-state index is 6.14. The lowest BCUT2D eigenvalue weighted by Gasteiger charge is -2.12. The van der Waals surface area contributed by atoms with Crippen molar-refractivity contribution in [3.63, 3.8) is 0 Å². The van der Waals surface area contributed by atoms with E-state index in [9.17, 15) is 0 Å². The Kier molecular flexibility index (Phi) is 4.10. The molecule has 0 aliphatic rings. The minimum Gasteiger partial charge on any atom is -0.448 e. The lowest BCUT2D eigenvalue weighted by molar-refractivity contribution is 0.491. The number of hydrogen-bond acceptors (Lipinski definition) is 2. The second kappa shape index (κ2) is 5.59. The molecule has 2 rings (SSSR count). The highest BCUT2D eigenvalue weighted by molar-refractivity contribution is 6.28. The number of benzene rings is 1. The highest BCUT2D eigenvalue weighted by Gasteiger charge is 2.13. The van der Waals surface area contributed by atoms with Gasteiger partial charge in [-0.1, -0.05) is 38.1 Å². The summed E-state index contributed by atoms with van der Waals surface area (Å²) in [6, 6.07) is 11.6. The molecule has 0 radical (unpaired) electrons. The minimum atomic E-state index is -0.261. The lowest BCUT2D eigenvalue weighted by Crippen LogP contribution is -2.10. The summed E-state index contributed by atoms with van der Waals surface area (Å²) in [6.07, 6.45) is 1.14. The van der Waals surface area contributed by atoms with Crippen LogP contribution in [0.25, 0.3) is 0 Å². The molecule has 0 aliphatic heterocycles. The Morgan fingerprint density at radius 3 is 2.22 bits per heavy atom. The summed E-state index contributed by atoms with van der Waals surface area (Å²) >= 11 is 5.76. The summed E-state index contributed by atoms with van der Waals surface area (Å²) in [5.41, 5.74) is 8.51. The predicted molar refractivity (Wildman–Crippen MR) is 74.9 cm³/mol. The molecule has 3 heteroatoms. The molecular weight excluding hydrogens is 246 g/mol. The van der Waals surface area contributed by atoms with Crippen molar-refractivity contribution in [3.8, 4) is 0 Å². The first-order valence-corrected chi connectivity index (χ1v) is 6.60. The fourth-order valence-corrected chi connectivity index (χ4v) is 2.08. The Bertz CT molecular complexity index is 503. The predicted octanol–water partition coefficient (Wildman–Crippen LogP) is 4.49. The van der Waals surface area contributed by atoms with Crippen LogP contribution in [0.15, 0.2) is 40.8 Å². The van der Waals surface area contributed by atoms with Gasteiger partial charge in [-0.15, -0.1) is 0 Å². The normalized spacial score (nSPS) is 14.4. The smallest absolute Gasteiger partial charge is 0.193 e. The van der Waals surface area contributed by atoms with Crippen LogP contribution in [0.5, 0.6) is 0 Å². The fraction of sp³-hybridized carbons (Fsp3) is 0.333. The first-order valence-electron chi connectivity index (χ1n) is 6.22. The molecule has 1 aromatic heterocycles. The van der Waals surface area contributed by atoms with Crippen LogP contribution >= 0.6 is 11.6 Å². The zero-order chi connectivity index (χ0) is 13.1. The second-order valence-corrected chi connectivity index (χ2v) is 4.97. The van der Waals surface area contributed by atoms with Gasteiger partial charge in [0.15, 0.2) is 5.22 Å². The molecule has 96 valence electrons. The molecule has 0 saturated heterocycles. The third-order valence-electron chi connectivity index (χ3n) is 3.38. The molecule has 0 spiro atoms. The summed E-state index contributed by atoms with van der Waals surface area (Å²) in [7, 11) is 0. The van der Waals surface area contributed by atoms with Crippen LogP contribution in [0.1, 0.15) is 49.1 Å². The Morgan fingerprint density at radius 1 is 1.11 bits per heavy atom.